The topological polar surface area (TPSA) is 82.8 Å². The number of rotatable bonds is 5. The van der Waals surface area contributed by atoms with Gasteiger partial charge in [-0.1, -0.05) is 23.7 Å². The fourth-order valence-electron chi connectivity index (χ4n) is 1.77. The Morgan fingerprint density at radius 3 is 2.59 bits per heavy atom. The second kappa shape index (κ2) is 6.83. The maximum atomic E-state index is 13.2. The summed E-state index contributed by atoms with van der Waals surface area (Å²) in [6.45, 7) is -0.924. The molecule has 0 aliphatic carbocycles. The summed E-state index contributed by atoms with van der Waals surface area (Å²) >= 11 is 5.75. The molecule has 0 amide bonds. The van der Waals surface area contributed by atoms with Crippen molar-refractivity contribution in [2.75, 3.05) is 6.67 Å². The fraction of sp³-hybridized carbons (Fsp3) is 0.143. The van der Waals surface area contributed by atoms with Gasteiger partial charge in [0, 0.05) is 17.4 Å². The predicted octanol–water partition coefficient (Wildman–Crippen LogP) is 2.60. The van der Waals surface area contributed by atoms with E-state index in [1.54, 1.807) is 30.3 Å². The van der Waals surface area contributed by atoms with Gasteiger partial charge in [0.05, 0.1) is 11.6 Å². The van der Waals surface area contributed by atoms with Crippen LogP contribution >= 0.6 is 11.6 Å². The van der Waals surface area contributed by atoms with Crippen LogP contribution in [-0.4, -0.2) is 20.1 Å². The van der Waals surface area contributed by atoms with Crippen molar-refractivity contribution in [3.05, 3.63) is 58.9 Å². The zero-order chi connectivity index (χ0) is 16.2. The predicted molar refractivity (Wildman–Crippen MR) is 79.4 cm³/mol. The molecule has 0 radical (unpaired) electrons. The highest BCUT2D eigenvalue weighted by atomic mass is 35.5. The zero-order valence-corrected chi connectivity index (χ0v) is 12.8. The van der Waals surface area contributed by atoms with E-state index in [4.69, 9.17) is 16.9 Å². The average Bonchev–Trinajstić information content (AvgIpc) is 2.53. The number of nitrogens with zero attached hydrogens (tertiary/aromatic N) is 2. The van der Waals surface area contributed by atoms with Crippen LogP contribution < -0.4 is 4.72 Å². The molecular weight excluding hydrogens is 329 g/mol. The zero-order valence-electron chi connectivity index (χ0n) is 11.2. The first-order valence-corrected chi connectivity index (χ1v) is 8.01. The number of nitriles is 1. The van der Waals surface area contributed by atoms with E-state index in [2.05, 4.69) is 9.71 Å². The molecule has 5 nitrogen and oxygen atoms in total. The first-order valence-electron chi connectivity index (χ1n) is 6.15. The summed E-state index contributed by atoms with van der Waals surface area (Å²) in [5.74, 6) is 0. The van der Waals surface area contributed by atoms with Crippen molar-refractivity contribution in [1.29, 1.82) is 5.26 Å². The Kier molecular flexibility index (Phi) is 5.08. The van der Waals surface area contributed by atoms with Crippen LogP contribution in [0.1, 0.15) is 17.2 Å². The molecule has 0 saturated heterocycles. The van der Waals surface area contributed by atoms with Gasteiger partial charge in [0.15, 0.2) is 0 Å². The van der Waals surface area contributed by atoms with E-state index in [-0.39, 0.29) is 10.5 Å². The molecule has 0 saturated carbocycles. The van der Waals surface area contributed by atoms with Gasteiger partial charge in [-0.15, -0.1) is 0 Å². The normalized spacial score (nSPS) is 12.6. The summed E-state index contributed by atoms with van der Waals surface area (Å²) in [5, 5.41) is 9.25. The first kappa shape index (κ1) is 16.4. The third kappa shape index (κ3) is 3.80. The Morgan fingerprint density at radius 2 is 2.00 bits per heavy atom. The number of benzene rings is 1. The third-order valence-corrected chi connectivity index (χ3v) is 4.57. The number of pyridine rings is 1. The highest BCUT2D eigenvalue weighted by molar-refractivity contribution is 7.89. The Bertz CT molecular complexity index is 804. The quantitative estimate of drug-likeness (QED) is 0.907. The Morgan fingerprint density at radius 1 is 1.32 bits per heavy atom. The molecule has 8 heteroatoms. The molecule has 0 fully saturated rings. The van der Waals surface area contributed by atoms with Crippen molar-refractivity contribution in [1.82, 2.24) is 9.71 Å². The molecule has 0 aliphatic rings. The molecule has 1 heterocycles. The Hall–Kier alpha value is -2.01. The van der Waals surface area contributed by atoms with E-state index in [1.807, 2.05) is 0 Å². The van der Waals surface area contributed by atoms with Gasteiger partial charge in [-0.05, 0) is 23.8 Å². The molecule has 0 unspecified atom stereocenters. The highest BCUT2D eigenvalue weighted by Gasteiger charge is 2.22. The van der Waals surface area contributed by atoms with Crippen LogP contribution in [0.5, 0.6) is 0 Å². The lowest BCUT2D eigenvalue weighted by Crippen LogP contribution is -2.30. The maximum absolute atomic E-state index is 13.2. The van der Waals surface area contributed by atoms with Gasteiger partial charge in [-0.25, -0.2) is 17.5 Å². The highest BCUT2D eigenvalue weighted by Crippen LogP contribution is 2.20. The number of hydrogen-bond acceptors (Lipinski definition) is 4. The van der Waals surface area contributed by atoms with Crippen molar-refractivity contribution in [3.63, 3.8) is 0 Å². The minimum Gasteiger partial charge on any atom is -0.262 e. The van der Waals surface area contributed by atoms with Crippen molar-refractivity contribution < 1.29 is 12.8 Å². The van der Waals surface area contributed by atoms with Gasteiger partial charge in [-0.3, -0.25) is 4.98 Å². The molecule has 1 atom stereocenters. The minimum absolute atomic E-state index is 0.103. The van der Waals surface area contributed by atoms with Gasteiger partial charge in [0.2, 0.25) is 10.0 Å². The van der Waals surface area contributed by atoms with Gasteiger partial charge in [0.25, 0.3) is 0 Å². The van der Waals surface area contributed by atoms with Crippen LogP contribution in [0.25, 0.3) is 0 Å². The summed E-state index contributed by atoms with van der Waals surface area (Å²) in [4.78, 5) is 3.49. The van der Waals surface area contributed by atoms with Crippen LogP contribution in [0.2, 0.25) is 5.02 Å². The van der Waals surface area contributed by atoms with Crippen LogP contribution in [-0.2, 0) is 10.0 Å². The fourth-order valence-corrected chi connectivity index (χ4v) is 3.08. The number of sulfonamides is 1. The summed E-state index contributed by atoms with van der Waals surface area (Å²) < 4.78 is 40.0. The number of nitrogens with one attached hydrogen (secondary N) is 1. The molecule has 114 valence electrons. The molecule has 1 aromatic heterocycles. The first-order chi connectivity index (χ1) is 10.5. The smallest absolute Gasteiger partial charge is 0.242 e. The standard InChI is InChI=1S/C14H11ClFN3O2S/c15-12-3-1-11(2-4-12)14(6-16)19-22(20,21)13-5-10(7-17)8-18-9-13/h1-5,8-9,14,19H,6H2/t14-/m0/s1. The van der Waals surface area contributed by atoms with Crippen molar-refractivity contribution in [2.45, 2.75) is 10.9 Å². The second-order valence-electron chi connectivity index (χ2n) is 4.40. The number of halogens is 2. The van der Waals surface area contributed by atoms with E-state index < -0.39 is 22.7 Å². The van der Waals surface area contributed by atoms with Crippen LogP contribution in [0, 0.1) is 11.3 Å². The van der Waals surface area contributed by atoms with Gasteiger partial charge in [0.1, 0.15) is 17.6 Å². The monoisotopic (exact) mass is 339 g/mol. The van der Waals surface area contributed by atoms with E-state index in [0.29, 0.717) is 10.6 Å². The molecule has 22 heavy (non-hydrogen) atoms. The summed E-state index contributed by atoms with van der Waals surface area (Å²) in [5.41, 5.74) is 0.547. The molecular formula is C14H11ClFN3O2S. The summed E-state index contributed by atoms with van der Waals surface area (Å²) in [6.07, 6.45) is 2.34. The average molecular weight is 340 g/mol. The molecule has 1 aromatic carbocycles. The Labute approximate surface area is 132 Å². The van der Waals surface area contributed by atoms with Crippen molar-refractivity contribution in [2.24, 2.45) is 0 Å². The van der Waals surface area contributed by atoms with E-state index in [1.165, 1.54) is 12.3 Å². The molecule has 1 N–H and O–H groups in total. The van der Waals surface area contributed by atoms with Crippen molar-refractivity contribution >= 4 is 21.6 Å². The SMILES string of the molecule is N#Cc1cncc(S(=O)(=O)N[C@@H](CF)c2ccc(Cl)cc2)c1. The van der Waals surface area contributed by atoms with Gasteiger partial charge < -0.3 is 0 Å². The van der Waals surface area contributed by atoms with Crippen LogP contribution in [0.4, 0.5) is 4.39 Å². The van der Waals surface area contributed by atoms with Gasteiger partial charge in [-0.2, -0.15) is 5.26 Å². The maximum Gasteiger partial charge on any atom is 0.242 e. The molecule has 2 aromatic rings. The molecule has 2 rings (SSSR count). The number of hydrogen-bond donors (Lipinski definition) is 1. The largest absolute Gasteiger partial charge is 0.262 e. The lowest BCUT2D eigenvalue weighted by atomic mass is 10.1. The summed E-state index contributed by atoms with van der Waals surface area (Å²) in [6, 6.07) is 8.10. The molecule has 0 bridgehead atoms. The van der Waals surface area contributed by atoms with Crippen LogP contribution in [0.15, 0.2) is 47.6 Å². The summed E-state index contributed by atoms with van der Waals surface area (Å²) in [7, 11) is -4.00. The van der Waals surface area contributed by atoms with E-state index in [0.717, 1.165) is 6.20 Å². The lowest BCUT2D eigenvalue weighted by molar-refractivity contribution is 0.414. The van der Waals surface area contributed by atoms with E-state index >= 15 is 0 Å². The minimum atomic E-state index is -4.00. The number of aromatic nitrogens is 1. The van der Waals surface area contributed by atoms with E-state index in [9.17, 15) is 12.8 Å². The second-order valence-corrected chi connectivity index (χ2v) is 6.55. The molecule has 0 aliphatic heterocycles. The number of alkyl halides is 1. The third-order valence-electron chi connectivity index (χ3n) is 2.88. The Balaban J connectivity index is 2.29. The van der Waals surface area contributed by atoms with Crippen molar-refractivity contribution in [3.8, 4) is 6.07 Å². The van der Waals surface area contributed by atoms with Crippen LogP contribution in [0.3, 0.4) is 0 Å². The van der Waals surface area contributed by atoms with Gasteiger partial charge >= 0.3 is 0 Å². The lowest BCUT2D eigenvalue weighted by Gasteiger charge is -2.16. The molecule has 0 spiro atoms.